The molecule has 0 aliphatic heterocycles. The fourth-order valence-electron chi connectivity index (χ4n) is 2.11. The molecule has 5 nitrogen and oxygen atoms in total. The van der Waals surface area contributed by atoms with Crippen LogP contribution in [0.2, 0.25) is 5.02 Å². The first-order valence-electron chi connectivity index (χ1n) is 7.02. The number of carbonyl (C=O) groups excluding carboxylic acids is 1. The van der Waals surface area contributed by atoms with Crippen molar-refractivity contribution < 1.29 is 9.32 Å². The molecular formula is C17H14ClN3O2. The highest BCUT2D eigenvalue weighted by Crippen LogP contribution is 2.19. The number of aromatic nitrogens is 2. The smallest absolute Gasteiger partial charge is 0.254 e. The Balaban J connectivity index is 1.71. The topological polar surface area (TPSA) is 59.2 Å². The molecule has 0 N–H and O–H groups in total. The van der Waals surface area contributed by atoms with Gasteiger partial charge in [-0.1, -0.05) is 35.0 Å². The Morgan fingerprint density at radius 1 is 1.13 bits per heavy atom. The molecule has 116 valence electrons. The van der Waals surface area contributed by atoms with Gasteiger partial charge in [0.25, 0.3) is 5.91 Å². The van der Waals surface area contributed by atoms with E-state index >= 15 is 0 Å². The van der Waals surface area contributed by atoms with Crippen LogP contribution in [0.15, 0.2) is 59.1 Å². The molecule has 1 heterocycles. The lowest BCUT2D eigenvalue weighted by Crippen LogP contribution is -2.26. The zero-order valence-electron chi connectivity index (χ0n) is 12.4. The largest absolute Gasteiger partial charge is 0.337 e. The summed E-state index contributed by atoms with van der Waals surface area (Å²) in [5.41, 5.74) is 1.42. The Bertz CT molecular complexity index is 800. The van der Waals surface area contributed by atoms with Crippen LogP contribution in [0.1, 0.15) is 16.2 Å². The quantitative estimate of drug-likeness (QED) is 0.733. The molecule has 2 aromatic carbocycles. The molecule has 0 unspecified atom stereocenters. The van der Waals surface area contributed by atoms with Crippen molar-refractivity contribution >= 4 is 17.5 Å². The summed E-state index contributed by atoms with van der Waals surface area (Å²) in [6.07, 6.45) is 0. The summed E-state index contributed by atoms with van der Waals surface area (Å²) >= 11 is 5.86. The first-order valence-corrected chi connectivity index (χ1v) is 7.40. The second kappa shape index (κ2) is 6.62. The Labute approximate surface area is 138 Å². The summed E-state index contributed by atoms with van der Waals surface area (Å²) in [4.78, 5) is 18.1. The molecule has 0 saturated carbocycles. The predicted octanol–water partition coefficient (Wildman–Crippen LogP) is 3.66. The van der Waals surface area contributed by atoms with E-state index in [0.717, 1.165) is 5.56 Å². The molecule has 0 saturated heterocycles. The van der Waals surface area contributed by atoms with Crippen LogP contribution >= 0.6 is 11.6 Å². The highest BCUT2D eigenvalue weighted by atomic mass is 35.5. The van der Waals surface area contributed by atoms with Crippen molar-refractivity contribution in [1.82, 2.24) is 15.0 Å². The molecular weight excluding hydrogens is 314 g/mol. The van der Waals surface area contributed by atoms with Gasteiger partial charge in [-0.05, 0) is 36.4 Å². The van der Waals surface area contributed by atoms with Crippen molar-refractivity contribution in [2.75, 3.05) is 7.05 Å². The van der Waals surface area contributed by atoms with Crippen LogP contribution in [0, 0.1) is 0 Å². The van der Waals surface area contributed by atoms with Gasteiger partial charge < -0.3 is 9.42 Å². The zero-order valence-corrected chi connectivity index (χ0v) is 13.2. The lowest BCUT2D eigenvalue weighted by molar-refractivity contribution is 0.0769. The third-order valence-electron chi connectivity index (χ3n) is 3.31. The second-order valence-corrected chi connectivity index (χ2v) is 5.48. The number of halogens is 1. The fourth-order valence-corrected chi connectivity index (χ4v) is 2.24. The Morgan fingerprint density at radius 3 is 2.52 bits per heavy atom. The number of hydrogen-bond acceptors (Lipinski definition) is 4. The van der Waals surface area contributed by atoms with Gasteiger partial charge in [-0.3, -0.25) is 4.79 Å². The minimum atomic E-state index is -0.100. The summed E-state index contributed by atoms with van der Waals surface area (Å²) in [5, 5.41) is 4.58. The molecule has 0 atom stereocenters. The van der Waals surface area contributed by atoms with Crippen LogP contribution in [0.3, 0.4) is 0 Å². The van der Waals surface area contributed by atoms with Gasteiger partial charge in [0.2, 0.25) is 11.7 Å². The van der Waals surface area contributed by atoms with Crippen molar-refractivity contribution in [3.05, 3.63) is 71.1 Å². The molecule has 0 fully saturated rings. The number of nitrogens with zero attached hydrogens (tertiary/aromatic N) is 3. The van der Waals surface area contributed by atoms with E-state index in [9.17, 15) is 4.79 Å². The molecule has 0 radical (unpaired) electrons. The van der Waals surface area contributed by atoms with Crippen LogP contribution in [0.25, 0.3) is 11.4 Å². The number of hydrogen-bond donors (Lipinski definition) is 0. The molecule has 1 aromatic heterocycles. The highest BCUT2D eigenvalue weighted by molar-refractivity contribution is 6.30. The predicted molar refractivity (Wildman–Crippen MR) is 87.0 cm³/mol. The van der Waals surface area contributed by atoms with E-state index in [0.29, 0.717) is 22.3 Å². The molecule has 23 heavy (non-hydrogen) atoms. The number of benzene rings is 2. The molecule has 0 bridgehead atoms. The summed E-state index contributed by atoms with van der Waals surface area (Å²) in [5.74, 6) is 0.746. The van der Waals surface area contributed by atoms with Crippen LogP contribution in [-0.4, -0.2) is 28.0 Å². The number of carbonyl (C=O) groups is 1. The summed E-state index contributed by atoms with van der Waals surface area (Å²) in [6.45, 7) is 0.244. The first-order chi connectivity index (χ1) is 11.1. The zero-order chi connectivity index (χ0) is 16.2. The molecule has 1 amide bonds. The summed E-state index contributed by atoms with van der Waals surface area (Å²) in [6, 6.07) is 16.2. The van der Waals surface area contributed by atoms with E-state index in [1.165, 1.54) is 4.90 Å². The molecule has 0 spiro atoms. The van der Waals surface area contributed by atoms with E-state index in [4.69, 9.17) is 16.1 Å². The van der Waals surface area contributed by atoms with Gasteiger partial charge in [-0.15, -0.1) is 0 Å². The second-order valence-electron chi connectivity index (χ2n) is 5.05. The molecule has 3 rings (SSSR count). The van der Waals surface area contributed by atoms with Gasteiger partial charge in [0.05, 0.1) is 6.54 Å². The normalized spacial score (nSPS) is 10.5. The molecule has 0 aliphatic carbocycles. The van der Waals surface area contributed by atoms with Crippen molar-refractivity contribution in [2.45, 2.75) is 6.54 Å². The standard InChI is InChI=1S/C17H14ClN3O2/c1-21(17(22)13-5-3-2-4-6-13)11-15-19-16(20-23-15)12-7-9-14(18)10-8-12/h2-10H,11H2,1H3. The monoisotopic (exact) mass is 327 g/mol. The highest BCUT2D eigenvalue weighted by Gasteiger charge is 2.15. The molecule has 3 aromatic rings. The van der Waals surface area contributed by atoms with Crippen molar-refractivity contribution in [1.29, 1.82) is 0 Å². The lowest BCUT2D eigenvalue weighted by atomic mass is 10.2. The van der Waals surface area contributed by atoms with Gasteiger partial charge in [0.15, 0.2) is 0 Å². The maximum Gasteiger partial charge on any atom is 0.254 e. The number of amides is 1. The molecule has 6 heteroatoms. The van der Waals surface area contributed by atoms with E-state index in [-0.39, 0.29) is 12.5 Å². The summed E-state index contributed by atoms with van der Waals surface area (Å²) < 4.78 is 5.22. The van der Waals surface area contributed by atoms with E-state index in [2.05, 4.69) is 10.1 Å². The Morgan fingerprint density at radius 2 is 1.83 bits per heavy atom. The molecule has 0 aliphatic rings. The van der Waals surface area contributed by atoms with Gasteiger partial charge in [0.1, 0.15) is 0 Å². The summed E-state index contributed by atoms with van der Waals surface area (Å²) in [7, 11) is 1.70. The average molecular weight is 328 g/mol. The first kappa shape index (κ1) is 15.2. The van der Waals surface area contributed by atoms with Crippen molar-refractivity contribution in [2.24, 2.45) is 0 Å². The average Bonchev–Trinajstić information content (AvgIpc) is 3.04. The van der Waals surface area contributed by atoms with Crippen molar-refractivity contribution in [3.63, 3.8) is 0 Å². The minimum absolute atomic E-state index is 0.100. The fraction of sp³-hybridized carbons (Fsp3) is 0.118. The SMILES string of the molecule is CN(Cc1nc(-c2ccc(Cl)cc2)no1)C(=O)c1ccccc1. The lowest BCUT2D eigenvalue weighted by Gasteiger charge is -2.14. The Hall–Kier alpha value is -2.66. The minimum Gasteiger partial charge on any atom is -0.337 e. The maximum atomic E-state index is 12.3. The van der Waals surface area contributed by atoms with Crippen LogP contribution < -0.4 is 0 Å². The third-order valence-corrected chi connectivity index (χ3v) is 3.56. The van der Waals surface area contributed by atoms with Gasteiger partial charge in [-0.25, -0.2) is 0 Å². The van der Waals surface area contributed by atoms with E-state index in [1.54, 1.807) is 31.3 Å². The van der Waals surface area contributed by atoms with Gasteiger partial charge >= 0.3 is 0 Å². The van der Waals surface area contributed by atoms with Gasteiger partial charge in [-0.2, -0.15) is 4.98 Å². The van der Waals surface area contributed by atoms with Gasteiger partial charge in [0, 0.05) is 23.2 Å². The van der Waals surface area contributed by atoms with E-state index in [1.807, 2.05) is 30.3 Å². The van der Waals surface area contributed by atoms with E-state index < -0.39 is 0 Å². The van der Waals surface area contributed by atoms with Crippen LogP contribution in [-0.2, 0) is 6.54 Å². The van der Waals surface area contributed by atoms with Crippen LogP contribution in [0.5, 0.6) is 0 Å². The van der Waals surface area contributed by atoms with Crippen LogP contribution in [0.4, 0.5) is 0 Å². The third kappa shape index (κ3) is 3.57. The number of rotatable bonds is 4. The van der Waals surface area contributed by atoms with Crippen molar-refractivity contribution in [3.8, 4) is 11.4 Å². The maximum absolute atomic E-state index is 12.3. The Kier molecular flexibility index (Phi) is 4.39.